The molecule has 0 bridgehead atoms. The van der Waals surface area contributed by atoms with E-state index in [1.165, 1.54) is 19.3 Å². The highest BCUT2D eigenvalue weighted by atomic mass is 127. The minimum atomic E-state index is 0. The highest BCUT2D eigenvalue weighted by Crippen LogP contribution is 2.23. The van der Waals surface area contributed by atoms with Gasteiger partial charge in [-0.05, 0) is 25.8 Å². The van der Waals surface area contributed by atoms with Gasteiger partial charge in [0.05, 0.1) is 13.7 Å². The van der Waals surface area contributed by atoms with E-state index in [0.717, 1.165) is 36.7 Å². The summed E-state index contributed by atoms with van der Waals surface area (Å²) in [6.45, 7) is 4.61. The van der Waals surface area contributed by atoms with E-state index in [-0.39, 0.29) is 35.8 Å². The number of benzene rings is 1. The molecule has 0 aliphatic heterocycles. The number of ether oxygens (including phenoxy) is 1. The van der Waals surface area contributed by atoms with Crippen LogP contribution in [0.4, 0.5) is 0 Å². The van der Waals surface area contributed by atoms with Gasteiger partial charge in [-0.15, -0.1) is 24.0 Å². The monoisotopic (exact) mass is 488 g/mol. The van der Waals surface area contributed by atoms with Gasteiger partial charge in [-0.25, -0.2) is 4.99 Å². The topological polar surface area (TPSA) is 74.8 Å². The van der Waals surface area contributed by atoms with Crippen molar-refractivity contribution < 1.29 is 9.53 Å². The summed E-state index contributed by atoms with van der Waals surface area (Å²) in [4.78, 5) is 16.8. The molecule has 0 radical (unpaired) electrons. The van der Waals surface area contributed by atoms with E-state index in [0.29, 0.717) is 19.6 Å². The van der Waals surface area contributed by atoms with Gasteiger partial charge in [-0.2, -0.15) is 0 Å². The molecular formula is C20H33IN4O2. The van der Waals surface area contributed by atoms with E-state index in [1.807, 2.05) is 31.2 Å². The Morgan fingerprint density at radius 3 is 2.52 bits per heavy atom. The molecule has 1 aromatic rings. The number of carbonyl (C=O) groups excluding carboxylic acids is 1. The Hall–Kier alpha value is -1.51. The molecule has 6 nitrogen and oxygen atoms in total. The van der Waals surface area contributed by atoms with Gasteiger partial charge in [0.1, 0.15) is 5.75 Å². The number of hydrogen-bond acceptors (Lipinski definition) is 3. The molecule has 2 rings (SSSR count). The summed E-state index contributed by atoms with van der Waals surface area (Å²) in [5.41, 5.74) is 1.04. The van der Waals surface area contributed by atoms with Crippen molar-refractivity contribution in [3.8, 4) is 5.75 Å². The molecule has 3 N–H and O–H groups in total. The Kier molecular flexibility index (Phi) is 11.9. The normalized spacial score (nSPS) is 14.8. The molecule has 0 saturated heterocycles. The molecule has 0 aromatic heterocycles. The first-order valence-electron chi connectivity index (χ1n) is 9.66. The standard InChI is InChI=1S/C20H32N4O2.HI/c1-3-21-20(24-15-17-11-7-8-12-18(17)26-2)23-14-13-22-19(25)16-9-5-4-6-10-16;/h7-8,11-12,16H,3-6,9-10,13-15H2,1-2H3,(H,22,25)(H2,21,23,24);1H. The SMILES string of the molecule is CCNC(=NCc1ccccc1OC)NCCNC(=O)C1CCCCC1.I. The van der Waals surface area contributed by atoms with Gasteiger partial charge in [-0.3, -0.25) is 4.79 Å². The van der Waals surface area contributed by atoms with Crippen molar-refractivity contribution in [3.63, 3.8) is 0 Å². The number of nitrogens with one attached hydrogen (secondary N) is 3. The first kappa shape index (κ1) is 23.5. The van der Waals surface area contributed by atoms with E-state index in [9.17, 15) is 4.79 Å². The van der Waals surface area contributed by atoms with E-state index in [4.69, 9.17) is 4.74 Å². The zero-order valence-corrected chi connectivity index (χ0v) is 18.8. The Labute approximate surface area is 179 Å². The van der Waals surface area contributed by atoms with Crippen molar-refractivity contribution in [2.24, 2.45) is 10.9 Å². The number of guanidine groups is 1. The minimum absolute atomic E-state index is 0. The lowest BCUT2D eigenvalue weighted by Crippen LogP contribution is -2.42. The van der Waals surface area contributed by atoms with Crippen molar-refractivity contribution in [2.45, 2.75) is 45.6 Å². The van der Waals surface area contributed by atoms with Gasteiger partial charge in [-0.1, -0.05) is 37.5 Å². The van der Waals surface area contributed by atoms with Crippen LogP contribution >= 0.6 is 24.0 Å². The third-order valence-corrected chi connectivity index (χ3v) is 4.64. The van der Waals surface area contributed by atoms with Crippen LogP contribution in [0.1, 0.15) is 44.6 Å². The average Bonchev–Trinajstić information content (AvgIpc) is 2.69. The van der Waals surface area contributed by atoms with Crippen LogP contribution in [0.5, 0.6) is 5.75 Å². The number of nitrogens with zero attached hydrogens (tertiary/aromatic N) is 1. The third-order valence-electron chi connectivity index (χ3n) is 4.64. The molecule has 7 heteroatoms. The fourth-order valence-corrected chi connectivity index (χ4v) is 3.22. The first-order valence-corrected chi connectivity index (χ1v) is 9.66. The zero-order valence-electron chi connectivity index (χ0n) is 16.4. The fourth-order valence-electron chi connectivity index (χ4n) is 3.22. The second-order valence-electron chi connectivity index (χ2n) is 6.56. The van der Waals surface area contributed by atoms with Crippen molar-refractivity contribution >= 4 is 35.8 Å². The van der Waals surface area contributed by atoms with Crippen LogP contribution in [0.25, 0.3) is 0 Å². The molecule has 1 aliphatic carbocycles. The predicted molar refractivity (Wildman–Crippen MR) is 121 cm³/mol. The lowest BCUT2D eigenvalue weighted by molar-refractivity contribution is -0.125. The van der Waals surface area contributed by atoms with E-state index in [1.54, 1.807) is 7.11 Å². The summed E-state index contributed by atoms with van der Waals surface area (Å²) < 4.78 is 5.36. The van der Waals surface area contributed by atoms with E-state index in [2.05, 4.69) is 20.9 Å². The third kappa shape index (κ3) is 8.36. The number of rotatable bonds is 8. The molecule has 1 aliphatic rings. The molecule has 0 heterocycles. The Bertz CT molecular complexity index is 589. The summed E-state index contributed by atoms with van der Waals surface area (Å²) in [5, 5.41) is 9.53. The molecular weight excluding hydrogens is 455 g/mol. The van der Waals surface area contributed by atoms with Crippen LogP contribution in [-0.4, -0.2) is 38.6 Å². The molecule has 1 amide bonds. The predicted octanol–water partition coefficient (Wildman–Crippen LogP) is 3.06. The largest absolute Gasteiger partial charge is 0.496 e. The summed E-state index contributed by atoms with van der Waals surface area (Å²) in [6.07, 6.45) is 5.68. The number of para-hydroxylation sites is 1. The van der Waals surface area contributed by atoms with Crippen LogP contribution in [-0.2, 0) is 11.3 Å². The maximum Gasteiger partial charge on any atom is 0.223 e. The quantitative estimate of drug-likeness (QED) is 0.228. The average molecular weight is 488 g/mol. The van der Waals surface area contributed by atoms with Crippen LogP contribution in [0.2, 0.25) is 0 Å². The Morgan fingerprint density at radius 1 is 1.11 bits per heavy atom. The van der Waals surface area contributed by atoms with E-state index >= 15 is 0 Å². The zero-order chi connectivity index (χ0) is 18.6. The molecule has 0 atom stereocenters. The summed E-state index contributed by atoms with van der Waals surface area (Å²) in [7, 11) is 1.67. The van der Waals surface area contributed by atoms with Crippen molar-refractivity contribution in [1.29, 1.82) is 0 Å². The van der Waals surface area contributed by atoms with Crippen LogP contribution in [0.3, 0.4) is 0 Å². The molecule has 152 valence electrons. The molecule has 1 fully saturated rings. The second kappa shape index (κ2) is 13.6. The maximum absolute atomic E-state index is 12.2. The summed E-state index contributed by atoms with van der Waals surface area (Å²) >= 11 is 0. The first-order chi connectivity index (χ1) is 12.7. The Morgan fingerprint density at radius 2 is 1.81 bits per heavy atom. The van der Waals surface area contributed by atoms with Crippen LogP contribution < -0.4 is 20.7 Å². The van der Waals surface area contributed by atoms with Gasteiger partial charge < -0.3 is 20.7 Å². The molecule has 1 saturated carbocycles. The van der Waals surface area contributed by atoms with Gasteiger partial charge in [0, 0.05) is 31.1 Å². The summed E-state index contributed by atoms with van der Waals surface area (Å²) in [6, 6.07) is 7.88. The van der Waals surface area contributed by atoms with Crippen molar-refractivity contribution in [2.75, 3.05) is 26.7 Å². The molecule has 0 unspecified atom stereocenters. The number of hydrogen-bond donors (Lipinski definition) is 3. The number of carbonyl (C=O) groups is 1. The van der Waals surface area contributed by atoms with Crippen molar-refractivity contribution in [3.05, 3.63) is 29.8 Å². The molecule has 0 spiro atoms. The van der Waals surface area contributed by atoms with Gasteiger partial charge in [0.15, 0.2) is 5.96 Å². The van der Waals surface area contributed by atoms with Gasteiger partial charge in [0.25, 0.3) is 0 Å². The van der Waals surface area contributed by atoms with Crippen LogP contribution in [0.15, 0.2) is 29.3 Å². The lowest BCUT2D eigenvalue weighted by atomic mass is 9.89. The Balaban J connectivity index is 0.00000364. The van der Waals surface area contributed by atoms with Gasteiger partial charge >= 0.3 is 0 Å². The summed E-state index contributed by atoms with van der Waals surface area (Å²) in [5.74, 6) is 1.98. The second-order valence-corrected chi connectivity index (χ2v) is 6.56. The number of aliphatic imine (C=N–C) groups is 1. The number of amides is 1. The lowest BCUT2D eigenvalue weighted by Gasteiger charge is -2.21. The van der Waals surface area contributed by atoms with Crippen molar-refractivity contribution in [1.82, 2.24) is 16.0 Å². The maximum atomic E-state index is 12.2. The number of methoxy groups -OCH3 is 1. The molecule has 1 aromatic carbocycles. The molecule has 27 heavy (non-hydrogen) atoms. The van der Waals surface area contributed by atoms with Crippen LogP contribution in [0, 0.1) is 5.92 Å². The fraction of sp³-hybridized carbons (Fsp3) is 0.600. The smallest absolute Gasteiger partial charge is 0.223 e. The number of halogens is 1. The highest BCUT2D eigenvalue weighted by Gasteiger charge is 2.20. The van der Waals surface area contributed by atoms with E-state index < -0.39 is 0 Å². The highest BCUT2D eigenvalue weighted by molar-refractivity contribution is 14.0. The minimum Gasteiger partial charge on any atom is -0.496 e. The van der Waals surface area contributed by atoms with Gasteiger partial charge in [0.2, 0.25) is 5.91 Å².